The number of aliphatic carboxylic acids is 1. The molecule has 45 heavy (non-hydrogen) atoms. The molecule has 1 N–H and O–H groups in total. The van der Waals surface area contributed by atoms with Gasteiger partial charge in [0, 0.05) is 18.2 Å². The number of methoxy groups -OCH3 is 1. The molecule has 13 nitrogen and oxygen atoms in total. The first kappa shape index (κ1) is 31.1. The van der Waals surface area contributed by atoms with Crippen LogP contribution in [0, 0.1) is 6.92 Å². The van der Waals surface area contributed by atoms with Crippen molar-refractivity contribution in [1.29, 1.82) is 0 Å². The van der Waals surface area contributed by atoms with Crippen LogP contribution in [-0.2, 0) is 31.1 Å². The zero-order chi connectivity index (χ0) is 31.9. The van der Waals surface area contributed by atoms with E-state index in [1.165, 1.54) is 46.9 Å². The molecule has 0 aliphatic carbocycles. The van der Waals surface area contributed by atoms with Gasteiger partial charge in [0.1, 0.15) is 33.8 Å². The van der Waals surface area contributed by atoms with Crippen LogP contribution < -0.4 is 16.0 Å². The average molecular weight is 640 g/mol. The summed E-state index contributed by atoms with van der Waals surface area (Å²) in [5, 5.41) is 19.4. The van der Waals surface area contributed by atoms with Gasteiger partial charge in [0.2, 0.25) is 0 Å². The van der Waals surface area contributed by atoms with Gasteiger partial charge >= 0.3 is 11.7 Å². The second-order valence-corrected chi connectivity index (χ2v) is 13.0. The first-order valence-electron chi connectivity index (χ1n) is 15.0. The fourth-order valence-electron chi connectivity index (χ4n) is 6.24. The van der Waals surface area contributed by atoms with Crippen molar-refractivity contribution in [3.63, 3.8) is 0 Å². The van der Waals surface area contributed by atoms with E-state index in [2.05, 4.69) is 10.2 Å². The Morgan fingerprint density at radius 1 is 1.13 bits per heavy atom. The summed E-state index contributed by atoms with van der Waals surface area (Å²) in [4.78, 5) is 42.5. The minimum atomic E-state index is -1.83. The second kappa shape index (κ2) is 12.5. The van der Waals surface area contributed by atoms with Gasteiger partial charge in [0.25, 0.3) is 5.56 Å². The number of carbonyl (C=O) groups is 1. The number of para-hydroxylation sites is 1. The van der Waals surface area contributed by atoms with Gasteiger partial charge in [-0.25, -0.2) is 14.2 Å². The third-order valence-corrected chi connectivity index (χ3v) is 9.91. The van der Waals surface area contributed by atoms with Crippen LogP contribution in [0.3, 0.4) is 0 Å². The molecule has 1 aromatic carbocycles. The maximum absolute atomic E-state index is 14.3. The molecule has 14 heteroatoms. The predicted octanol–water partition coefficient (Wildman–Crippen LogP) is 3.43. The number of aryl methyl sites for hydroxylation is 1. The summed E-state index contributed by atoms with van der Waals surface area (Å²) in [7, 11) is 1.60. The Labute approximate surface area is 262 Å². The Kier molecular flexibility index (Phi) is 8.66. The highest BCUT2D eigenvalue weighted by molar-refractivity contribution is 7.21. The number of benzene rings is 1. The normalized spacial score (nSPS) is 20.5. The number of carboxylic acids is 1. The van der Waals surface area contributed by atoms with Crippen molar-refractivity contribution in [3.05, 3.63) is 68.6 Å². The van der Waals surface area contributed by atoms with Crippen LogP contribution in [0.25, 0.3) is 15.2 Å². The van der Waals surface area contributed by atoms with E-state index < -0.39 is 28.9 Å². The Bertz CT molecular complexity index is 1800. The van der Waals surface area contributed by atoms with Gasteiger partial charge in [0.05, 0.1) is 49.2 Å². The quantitative estimate of drug-likeness (QED) is 0.229. The molecule has 4 atom stereocenters. The SMILES string of the molecule is COCCOc1ccccc1[C@H](Cn1c(=O)n(C(C)(C)C(=O)O)c(=O)c2c(C)c(-n3nccn3)sc21)O[C@@H]1C[C@H]2CC[C@@H](C1)O2. The van der Waals surface area contributed by atoms with Crippen LogP contribution in [0.5, 0.6) is 5.75 Å². The lowest BCUT2D eigenvalue weighted by atomic mass is 10.0. The van der Waals surface area contributed by atoms with Gasteiger partial charge in [-0.3, -0.25) is 9.36 Å². The average Bonchev–Trinajstić information content (AvgIpc) is 3.74. The van der Waals surface area contributed by atoms with Crippen molar-refractivity contribution in [3.8, 4) is 10.8 Å². The number of rotatable bonds is 12. The molecule has 2 saturated heterocycles. The molecule has 0 radical (unpaired) electrons. The standard InChI is InChI=1S/C31H37N5O8S/c1-18-25-26(37)35(31(2,3)29(38)39)30(40)34(28(25)45-27(18)36-32-11-12-33-36)17-24(44-21-15-19-9-10-20(16-21)43-19)22-7-5-6-8-23(22)42-14-13-41-4/h5-8,11-12,19-21,24H,9-10,13-17H2,1-4H3,(H,38,39)/t19-,20+,21-,24-/m0/s1. The summed E-state index contributed by atoms with van der Waals surface area (Å²) in [6, 6.07) is 7.49. The minimum absolute atomic E-state index is 0.00537. The molecule has 4 aromatic rings. The van der Waals surface area contributed by atoms with Crippen molar-refractivity contribution >= 4 is 27.5 Å². The highest BCUT2D eigenvalue weighted by Gasteiger charge is 2.39. The molecule has 5 heterocycles. The minimum Gasteiger partial charge on any atom is -0.491 e. The molecule has 0 spiro atoms. The van der Waals surface area contributed by atoms with Crippen LogP contribution in [0.4, 0.5) is 0 Å². The summed E-state index contributed by atoms with van der Waals surface area (Å²) in [5.41, 5.74) is -2.00. The van der Waals surface area contributed by atoms with Crippen LogP contribution in [0.1, 0.15) is 56.8 Å². The van der Waals surface area contributed by atoms with Crippen LogP contribution in [0.2, 0.25) is 0 Å². The first-order valence-corrected chi connectivity index (χ1v) is 15.8. The number of fused-ring (bicyclic) bond motifs is 3. The summed E-state index contributed by atoms with van der Waals surface area (Å²) in [6.45, 7) is 5.13. The number of nitrogens with zero attached hydrogens (tertiary/aromatic N) is 5. The molecule has 0 amide bonds. The maximum atomic E-state index is 14.3. The molecule has 0 saturated carbocycles. The van der Waals surface area contributed by atoms with Crippen LogP contribution in [0.15, 0.2) is 46.2 Å². The van der Waals surface area contributed by atoms with Crippen molar-refractivity contribution in [2.45, 2.75) is 83.0 Å². The zero-order valence-electron chi connectivity index (χ0n) is 25.7. The van der Waals surface area contributed by atoms with Gasteiger partial charge in [-0.05, 0) is 52.5 Å². The highest BCUT2D eigenvalue weighted by atomic mass is 32.1. The molecular weight excluding hydrogens is 602 g/mol. The number of thiophene rings is 1. The lowest BCUT2D eigenvalue weighted by molar-refractivity contribution is -0.146. The van der Waals surface area contributed by atoms with Crippen molar-refractivity contribution in [1.82, 2.24) is 24.1 Å². The van der Waals surface area contributed by atoms with Crippen LogP contribution in [-0.4, -0.2) is 73.8 Å². The van der Waals surface area contributed by atoms with E-state index in [1.807, 2.05) is 24.3 Å². The van der Waals surface area contributed by atoms with E-state index in [0.29, 0.717) is 34.4 Å². The van der Waals surface area contributed by atoms with E-state index in [9.17, 15) is 19.5 Å². The van der Waals surface area contributed by atoms with Crippen molar-refractivity contribution in [2.75, 3.05) is 20.3 Å². The molecule has 0 unspecified atom stereocenters. The number of hydrogen-bond donors (Lipinski definition) is 1. The van der Waals surface area contributed by atoms with Gasteiger partial charge in [0.15, 0.2) is 0 Å². The van der Waals surface area contributed by atoms with Crippen molar-refractivity contribution in [2.24, 2.45) is 0 Å². The number of ether oxygens (including phenoxy) is 4. The molecule has 2 aliphatic heterocycles. The lowest BCUT2D eigenvalue weighted by Gasteiger charge is -2.33. The van der Waals surface area contributed by atoms with Gasteiger partial charge < -0.3 is 24.1 Å². The van der Waals surface area contributed by atoms with Gasteiger partial charge in [-0.1, -0.05) is 29.5 Å². The monoisotopic (exact) mass is 639 g/mol. The summed E-state index contributed by atoms with van der Waals surface area (Å²) >= 11 is 1.20. The summed E-state index contributed by atoms with van der Waals surface area (Å²) in [5.74, 6) is -0.723. The Morgan fingerprint density at radius 3 is 2.49 bits per heavy atom. The molecule has 3 aromatic heterocycles. The maximum Gasteiger partial charge on any atom is 0.333 e. The molecule has 2 bridgehead atoms. The van der Waals surface area contributed by atoms with E-state index >= 15 is 0 Å². The second-order valence-electron chi connectivity index (χ2n) is 12.0. The molecule has 2 aliphatic rings. The predicted molar refractivity (Wildman–Crippen MR) is 166 cm³/mol. The number of aromatic nitrogens is 5. The van der Waals surface area contributed by atoms with Crippen molar-refractivity contribution < 1.29 is 28.8 Å². The van der Waals surface area contributed by atoms with E-state index in [1.54, 1.807) is 14.0 Å². The van der Waals surface area contributed by atoms with E-state index in [0.717, 1.165) is 35.8 Å². The summed E-state index contributed by atoms with van der Waals surface area (Å²) < 4.78 is 26.5. The van der Waals surface area contributed by atoms with Gasteiger partial charge in [-0.15, -0.1) is 4.80 Å². The first-order chi connectivity index (χ1) is 21.6. The largest absolute Gasteiger partial charge is 0.491 e. The third-order valence-electron chi connectivity index (χ3n) is 8.63. The van der Waals surface area contributed by atoms with E-state index in [-0.39, 0.29) is 30.2 Å². The molecule has 6 rings (SSSR count). The highest BCUT2D eigenvalue weighted by Crippen LogP contribution is 2.39. The van der Waals surface area contributed by atoms with Crippen LogP contribution >= 0.6 is 11.3 Å². The molecule has 2 fully saturated rings. The fourth-order valence-corrected chi connectivity index (χ4v) is 7.46. The number of hydrogen-bond acceptors (Lipinski definition) is 10. The Morgan fingerprint density at radius 2 is 1.82 bits per heavy atom. The number of carboxylic acid groups (broad SMARTS) is 1. The topological polar surface area (TPSA) is 149 Å². The zero-order valence-corrected chi connectivity index (χ0v) is 26.5. The van der Waals surface area contributed by atoms with E-state index in [4.69, 9.17) is 18.9 Å². The summed E-state index contributed by atoms with van der Waals surface area (Å²) in [6.07, 6.45) is 5.90. The molecule has 240 valence electrons. The molecular formula is C31H37N5O8S. The lowest BCUT2D eigenvalue weighted by Crippen LogP contribution is -2.52. The Hall–Kier alpha value is -3.85. The smallest absolute Gasteiger partial charge is 0.333 e. The Balaban J connectivity index is 1.53. The van der Waals surface area contributed by atoms with Gasteiger partial charge in [-0.2, -0.15) is 10.2 Å². The third kappa shape index (κ3) is 5.83. The fraction of sp³-hybridized carbons (Fsp3) is 0.516.